The molecule has 3 N–H and O–H groups in total. The minimum absolute atomic E-state index is 0.0314. The van der Waals surface area contributed by atoms with Crippen LogP contribution in [0.4, 0.5) is 26.2 Å². The summed E-state index contributed by atoms with van der Waals surface area (Å²) in [6, 6.07) is 15.0. The zero-order valence-corrected chi connectivity index (χ0v) is 17.2. The molecule has 10 heteroatoms. The van der Waals surface area contributed by atoms with Crippen LogP contribution in [-0.2, 0) is 10.0 Å². The van der Waals surface area contributed by atoms with Crippen molar-refractivity contribution in [2.75, 3.05) is 22.5 Å². The number of carbonyl (C=O) groups is 1. The zero-order valence-electron chi connectivity index (χ0n) is 15.6. The molecule has 0 unspecified atom stereocenters. The van der Waals surface area contributed by atoms with Crippen molar-refractivity contribution >= 4 is 44.7 Å². The molecule has 0 saturated heterocycles. The number of ether oxygens (including phenoxy) is 1. The van der Waals surface area contributed by atoms with Crippen LogP contribution in [0.25, 0.3) is 0 Å². The summed E-state index contributed by atoms with van der Waals surface area (Å²) in [5, 5.41) is 4.87. The van der Waals surface area contributed by atoms with Gasteiger partial charge < -0.3 is 15.4 Å². The molecule has 0 atom stereocenters. The molecule has 0 aromatic heterocycles. The highest BCUT2D eigenvalue weighted by molar-refractivity contribution is 7.92. The average Bonchev–Trinajstić information content (AvgIpc) is 2.71. The molecule has 0 heterocycles. The first-order valence-electron chi connectivity index (χ1n) is 8.57. The summed E-state index contributed by atoms with van der Waals surface area (Å²) < 4.78 is 46.5. The second-order valence-corrected chi connectivity index (χ2v) is 8.12. The Balaban J connectivity index is 1.78. The van der Waals surface area contributed by atoms with Crippen molar-refractivity contribution in [2.24, 2.45) is 0 Å². The van der Waals surface area contributed by atoms with E-state index in [1.54, 1.807) is 30.3 Å². The zero-order chi connectivity index (χ0) is 21.7. The van der Waals surface area contributed by atoms with Crippen LogP contribution in [-0.4, -0.2) is 21.6 Å². The van der Waals surface area contributed by atoms with E-state index in [1.807, 2.05) is 0 Å². The van der Waals surface area contributed by atoms with Gasteiger partial charge in [-0.2, -0.15) is 0 Å². The summed E-state index contributed by atoms with van der Waals surface area (Å²) >= 11 is 6.07. The predicted octanol–water partition coefficient (Wildman–Crippen LogP) is 4.93. The molecule has 0 saturated carbocycles. The molecule has 2 amide bonds. The number of sulfonamides is 1. The number of nitrogens with one attached hydrogen (secondary N) is 3. The third-order valence-corrected chi connectivity index (χ3v) is 5.67. The molecular formula is C20H17ClFN3O4S. The second kappa shape index (κ2) is 9.02. The van der Waals surface area contributed by atoms with E-state index in [1.165, 1.54) is 43.5 Å². The Morgan fingerprint density at radius 1 is 0.967 bits per heavy atom. The lowest BCUT2D eigenvalue weighted by Crippen LogP contribution is -2.21. The van der Waals surface area contributed by atoms with E-state index in [2.05, 4.69) is 15.4 Å². The van der Waals surface area contributed by atoms with Crippen LogP contribution < -0.4 is 20.1 Å². The van der Waals surface area contributed by atoms with Gasteiger partial charge in [0.1, 0.15) is 11.6 Å². The largest absolute Gasteiger partial charge is 0.497 e. The number of rotatable bonds is 6. The first-order chi connectivity index (χ1) is 14.3. The lowest BCUT2D eigenvalue weighted by atomic mass is 10.3. The number of methoxy groups -OCH3 is 1. The molecule has 3 aromatic rings. The van der Waals surface area contributed by atoms with E-state index in [9.17, 15) is 17.6 Å². The molecule has 0 bridgehead atoms. The smallest absolute Gasteiger partial charge is 0.323 e. The van der Waals surface area contributed by atoms with E-state index in [-0.39, 0.29) is 21.3 Å². The van der Waals surface area contributed by atoms with Crippen LogP contribution in [0.3, 0.4) is 0 Å². The van der Waals surface area contributed by atoms with Gasteiger partial charge in [0, 0.05) is 5.69 Å². The Morgan fingerprint density at radius 3 is 2.30 bits per heavy atom. The minimum Gasteiger partial charge on any atom is -0.497 e. The maximum Gasteiger partial charge on any atom is 0.323 e. The predicted molar refractivity (Wildman–Crippen MR) is 114 cm³/mol. The lowest BCUT2D eigenvalue weighted by Gasteiger charge is -2.13. The Bertz CT molecular complexity index is 1170. The number of para-hydroxylation sites is 1. The molecule has 0 aliphatic heterocycles. The number of hydrogen-bond acceptors (Lipinski definition) is 4. The summed E-state index contributed by atoms with van der Waals surface area (Å²) in [6.45, 7) is 0. The van der Waals surface area contributed by atoms with Gasteiger partial charge in [0.05, 0.1) is 28.4 Å². The van der Waals surface area contributed by atoms with E-state index in [0.29, 0.717) is 11.4 Å². The van der Waals surface area contributed by atoms with Crippen LogP contribution in [0.5, 0.6) is 5.75 Å². The van der Waals surface area contributed by atoms with Gasteiger partial charge in [0.25, 0.3) is 10.0 Å². The molecule has 0 aliphatic carbocycles. The van der Waals surface area contributed by atoms with E-state index >= 15 is 0 Å². The third kappa shape index (κ3) is 5.19. The number of amides is 2. The van der Waals surface area contributed by atoms with E-state index in [0.717, 1.165) is 0 Å². The number of benzene rings is 3. The van der Waals surface area contributed by atoms with Crippen LogP contribution in [0.2, 0.25) is 5.02 Å². The maximum absolute atomic E-state index is 13.7. The molecule has 30 heavy (non-hydrogen) atoms. The summed E-state index contributed by atoms with van der Waals surface area (Å²) in [6.07, 6.45) is 0. The summed E-state index contributed by atoms with van der Waals surface area (Å²) in [7, 11) is -2.45. The van der Waals surface area contributed by atoms with Crippen LogP contribution in [0.1, 0.15) is 0 Å². The Morgan fingerprint density at radius 2 is 1.63 bits per heavy atom. The molecule has 3 aromatic carbocycles. The maximum atomic E-state index is 13.7. The quantitative estimate of drug-likeness (QED) is 0.497. The highest BCUT2D eigenvalue weighted by atomic mass is 35.5. The number of anilines is 3. The van der Waals surface area contributed by atoms with Crippen LogP contribution in [0.15, 0.2) is 71.6 Å². The van der Waals surface area contributed by atoms with Crippen molar-refractivity contribution < 1.29 is 22.3 Å². The number of urea groups is 1. The monoisotopic (exact) mass is 449 g/mol. The van der Waals surface area contributed by atoms with Gasteiger partial charge in [0.2, 0.25) is 0 Å². The van der Waals surface area contributed by atoms with Crippen LogP contribution in [0, 0.1) is 5.82 Å². The molecule has 0 spiro atoms. The standard InChI is InChI=1S/C20H17ClFN3O4S/c1-29-14-8-6-13(7-9-14)25-30(27,28)15-10-11-16(21)19(12-15)24-20(26)23-18-5-3-2-4-17(18)22/h2-12,25H,1H3,(H2,23,24,26). The normalized spacial score (nSPS) is 10.9. The first kappa shape index (κ1) is 21.4. The first-order valence-corrected chi connectivity index (χ1v) is 10.4. The Labute approximate surface area is 177 Å². The van der Waals surface area contributed by atoms with Crippen molar-refractivity contribution in [3.8, 4) is 5.75 Å². The second-order valence-electron chi connectivity index (χ2n) is 6.03. The molecule has 7 nitrogen and oxygen atoms in total. The van der Waals surface area contributed by atoms with Crippen molar-refractivity contribution in [1.29, 1.82) is 0 Å². The summed E-state index contributed by atoms with van der Waals surface area (Å²) in [4.78, 5) is 12.1. The van der Waals surface area contributed by atoms with Gasteiger partial charge in [-0.25, -0.2) is 17.6 Å². The van der Waals surface area contributed by atoms with Crippen molar-refractivity contribution in [3.05, 3.63) is 77.6 Å². The van der Waals surface area contributed by atoms with Gasteiger partial charge in [-0.05, 0) is 54.6 Å². The molecule has 0 radical (unpaired) electrons. The fourth-order valence-electron chi connectivity index (χ4n) is 2.48. The number of carbonyl (C=O) groups excluding carboxylic acids is 1. The van der Waals surface area contributed by atoms with Gasteiger partial charge in [-0.3, -0.25) is 4.72 Å². The Kier molecular flexibility index (Phi) is 6.43. The molecular weight excluding hydrogens is 433 g/mol. The van der Waals surface area contributed by atoms with Crippen molar-refractivity contribution in [2.45, 2.75) is 4.90 Å². The van der Waals surface area contributed by atoms with Crippen LogP contribution >= 0.6 is 11.6 Å². The molecule has 3 rings (SSSR count). The summed E-state index contributed by atoms with van der Waals surface area (Å²) in [5.74, 6) is -0.0319. The Hall–Kier alpha value is -3.30. The van der Waals surface area contributed by atoms with Crippen molar-refractivity contribution in [3.63, 3.8) is 0 Å². The third-order valence-electron chi connectivity index (χ3n) is 3.96. The van der Waals surface area contributed by atoms with E-state index in [4.69, 9.17) is 16.3 Å². The van der Waals surface area contributed by atoms with E-state index < -0.39 is 21.9 Å². The fraction of sp³-hybridized carbons (Fsp3) is 0.0500. The number of hydrogen-bond donors (Lipinski definition) is 3. The number of halogens is 2. The van der Waals surface area contributed by atoms with Gasteiger partial charge in [0.15, 0.2) is 0 Å². The molecule has 156 valence electrons. The highest BCUT2D eigenvalue weighted by Gasteiger charge is 2.17. The lowest BCUT2D eigenvalue weighted by molar-refractivity contribution is 0.262. The highest BCUT2D eigenvalue weighted by Crippen LogP contribution is 2.27. The molecule has 0 fully saturated rings. The summed E-state index contributed by atoms with van der Waals surface area (Å²) in [5.41, 5.74) is 0.344. The average molecular weight is 450 g/mol. The SMILES string of the molecule is COc1ccc(NS(=O)(=O)c2ccc(Cl)c(NC(=O)Nc3ccccc3F)c2)cc1. The van der Waals surface area contributed by atoms with Gasteiger partial charge >= 0.3 is 6.03 Å². The van der Waals surface area contributed by atoms with Crippen molar-refractivity contribution in [1.82, 2.24) is 0 Å². The topological polar surface area (TPSA) is 96.5 Å². The minimum atomic E-state index is -3.95. The van der Waals surface area contributed by atoms with Gasteiger partial charge in [-0.1, -0.05) is 23.7 Å². The fourth-order valence-corrected chi connectivity index (χ4v) is 3.73. The van der Waals surface area contributed by atoms with Gasteiger partial charge in [-0.15, -0.1) is 0 Å². The molecule has 0 aliphatic rings.